The van der Waals surface area contributed by atoms with Gasteiger partial charge in [0, 0.05) is 47.1 Å². The van der Waals surface area contributed by atoms with Crippen LogP contribution in [0, 0.1) is 5.53 Å². The van der Waals surface area contributed by atoms with E-state index < -0.39 is 0 Å². The fourth-order valence-electron chi connectivity index (χ4n) is 3.53. The Morgan fingerprint density at radius 2 is 1.64 bits per heavy atom. The van der Waals surface area contributed by atoms with E-state index >= 15 is 0 Å². The van der Waals surface area contributed by atoms with Crippen molar-refractivity contribution in [3.8, 4) is 0 Å². The van der Waals surface area contributed by atoms with Gasteiger partial charge in [-0.2, -0.15) is 0 Å². The van der Waals surface area contributed by atoms with E-state index in [2.05, 4.69) is 28.5 Å². The van der Waals surface area contributed by atoms with Crippen molar-refractivity contribution in [3.63, 3.8) is 0 Å². The third-order valence-electron chi connectivity index (χ3n) is 4.81. The fraction of sp³-hybridized carbons (Fsp3) is 0.200. The first-order valence-corrected chi connectivity index (χ1v) is 8.61. The largest absolute Gasteiger partial charge is 0.362 e. The van der Waals surface area contributed by atoms with E-state index in [1.807, 2.05) is 30.4 Å². The minimum atomic E-state index is 0.862. The Morgan fingerprint density at radius 3 is 2.52 bits per heavy atom. The maximum Gasteiger partial charge on any atom is 0.240 e. The van der Waals surface area contributed by atoms with Crippen LogP contribution in [0.2, 0.25) is 0 Å². The molecule has 0 spiro atoms. The Morgan fingerprint density at radius 1 is 0.840 bits per heavy atom. The molecule has 0 aromatic heterocycles. The number of nitrogens with one attached hydrogen (secondary N) is 2. The molecule has 0 aromatic carbocycles. The van der Waals surface area contributed by atoms with E-state index in [0.717, 1.165) is 65.6 Å². The lowest BCUT2D eigenvalue weighted by Gasteiger charge is -2.00. The highest BCUT2D eigenvalue weighted by Crippen LogP contribution is 2.27. The molecule has 5 heteroatoms. The summed E-state index contributed by atoms with van der Waals surface area (Å²) in [7, 11) is 0. The number of nitrogens with zero attached hydrogens (tertiary/aromatic N) is 3. The van der Waals surface area contributed by atoms with Crippen LogP contribution in [0.1, 0.15) is 25.7 Å². The number of fused-ring (bicyclic) bond motifs is 6. The summed E-state index contributed by atoms with van der Waals surface area (Å²) in [5.41, 5.74) is 16.4. The van der Waals surface area contributed by atoms with Crippen LogP contribution in [-0.4, -0.2) is 16.1 Å². The third-order valence-corrected chi connectivity index (χ3v) is 4.81. The van der Waals surface area contributed by atoms with Gasteiger partial charge in [-0.15, -0.1) is 0 Å². The van der Waals surface area contributed by atoms with Crippen molar-refractivity contribution in [3.05, 3.63) is 82.8 Å². The molecule has 2 N–H and O–H groups in total. The van der Waals surface area contributed by atoms with Gasteiger partial charge < -0.3 is 5.32 Å². The van der Waals surface area contributed by atoms with Gasteiger partial charge in [0.2, 0.25) is 11.4 Å². The van der Waals surface area contributed by atoms with Crippen molar-refractivity contribution in [2.24, 2.45) is 9.98 Å². The van der Waals surface area contributed by atoms with E-state index in [1.54, 1.807) is 0 Å². The summed E-state index contributed by atoms with van der Waals surface area (Å²) in [4.78, 5) is 9.38. The predicted octanol–water partition coefficient (Wildman–Crippen LogP) is 3.99. The van der Waals surface area contributed by atoms with Crippen LogP contribution in [0.15, 0.2) is 92.8 Å². The number of allylic oxidation sites excluding steroid dienone is 11. The maximum atomic E-state index is 8.36. The molecular formula is C20H18N5+. The summed E-state index contributed by atoms with van der Waals surface area (Å²) < 4.78 is 1.48. The highest BCUT2D eigenvalue weighted by molar-refractivity contribution is 6.08. The first kappa shape index (κ1) is 14.3. The third kappa shape index (κ3) is 2.67. The van der Waals surface area contributed by atoms with Gasteiger partial charge in [-0.05, 0) is 55.5 Å². The lowest BCUT2D eigenvalue weighted by atomic mass is 10.2. The molecule has 0 unspecified atom stereocenters. The van der Waals surface area contributed by atoms with Crippen LogP contribution in [-0.2, 0) is 0 Å². The number of hydrogen-bond acceptors (Lipinski definition) is 4. The van der Waals surface area contributed by atoms with Gasteiger partial charge in [0.05, 0.1) is 11.4 Å². The molecule has 0 amide bonds. The first-order chi connectivity index (χ1) is 12.2. The Labute approximate surface area is 146 Å². The molecule has 0 radical (unpaired) electrons. The minimum absolute atomic E-state index is 0.862. The lowest BCUT2D eigenvalue weighted by molar-refractivity contribution is -0.506. The summed E-state index contributed by atoms with van der Waals surface area (Å²) in [5, 5.41) is 3.46. The second-order valence-corrected chi connectivity index (χ2v) is 6.66. The summed E-state index contributed by atoms with van der Waals surface area (Å²) in [6.07, 6.45) is 20.1. The van der Waals surface area contributed by atoms with Crippen LogP contribution in [0.3, 0.4) is 0 Å². The SMILES string of the molecule is N=[N+]1C2=CC=C1C=C1CCC(=CC3=NC(=CC4=NC(=C2)CC4)C=C3)N1. The van der Waals surface area contributed by atoms with Gasteiger partial charge in [-0.25, -0.2) is 4.99 Å². The Bertz CT molecular complexity index is 974. The average Bonchev–Trinajstić information content (AvgIpc) is 3.36. The van der Waals surface area contributed by atoms with Crippen molar-refractivity contribution in [1.29, 1.82) is 5.53 Å². The molecule has 5 nitrogen and oxygen atoms in total. The Hall–Kier alpha value is -3.08. The topological polar surface area (TPSA) is 63.6 Å². The molecule has 0 saturated carbocycles. The molecule has 0 aromatic rings. The Kier molecular flexibility index (Phi) is 3.13. The minimum Gasteiger partial charge on any atom is -0.362 e. The van der Waals surface area contributed by atoms with Crippen LogP contribution in [0.25, 0.3) is 0 Å². The van der Waals surface area contributed by atoms with Gasteiger partial charge in [0.1, 0.15) is 0 Å². The van der Waals surface area contributed by atoms with Crippen LogP contribution < -0.4 is 5.32 Å². The second kappa shape index (κ2) is 5.48. The molecule has 8 bridgehead atoms. The molecule has 0 aliphatic carbocycles. The number of rotatable bonds is 0. The smallest absolute Gasteiger partial charge is 0.240 e. The molecule has 5 rings (SSSR count). The molecule has 5 heterocycles. The molecule has 5 aliphatic rings. The first-order valence-electron chi connectivity index (χ1n) is 8.61. The standard InChI is InChI=1S/C20H18N5/c21-25-19-7-8-20(25)12-18-6-4-16(24-18)10-14-2-1-13(22-14)9-15-3-5-17(11-19)23-15/h1-2,7-12,21,23H,3-6H2/q+1. The highest BCUT2D eigenvalue weighted by Gasteiger charge is 2.25. The number of hydrogen-bond donors (Lipinski definition) is 2. The van der Waals surface area contributed by atoms with Crippen molar-refractivity contribution >= 4 is 11.4 Å². The van der Waals surface area contributed by atoms with E-state index in [4.69, 9.17) is 10.5 Å². The van der Waals surface area contributed by atoms with E-state index in [9.17, 15) is 0 Å². The second-order valence-electron chi connectivity index (χ2n) is 6.66. The van der Waals surface area contributed by atoms with Crippen molar-refractivity contribution in [1.82, 2.24) is 5.32 Å². The van der Waals surface area contributed by atoms with E-state index in [0.29, 0.717) is 0 Å². The zero-order valence-electron chi connectivity index (χ0n) is 13.8. The molecule has 0 atom stereocenters. The molecular weight excluding hydrogens is 310 g/mol. The fourth-order valence-corrected chi connectivity index (χ4v) is 3.53. The lowest BCUT2D eigenvalue weighted by Crippen LogP contribution is -2.07. The molecule has 5 aliphatic heterocycles. The molecule has 25 heavy (non-hydrogen) atoms. The van der Waals surface area contributed by atoms with Gasteiger partial charge >= 0.3 is 0 Å². The van der Waals surface area contributed by atoms with E-state index in [1.165, 1.54) is 10.4 Å². The highest BCUT2D eigenvalue weighted by atomic mass is 15.2. The predicted molar refractivity (Wildman–Crippen MR) is 97.1 cm³/mol. The summed E-state index contributed by atoms with van der Waals surface area (Å²) in [6, 6.07) is 0. The van der Waals surface area contributed by atoms with Gasteiger partial charge in [-0.3, -0.25) is 4.99 Å². The van der Waals surface area contributed by atoms with Gasteiger partial charge in [0.25, 0.3) is 0 Å². The van der Waals surface area contributed by atoms with Gasteiger partial charge in [-0.1, -0.05) is 4.70 Å². The summed E-state index contributed by atoms with van der Waals surface area (Å²) >= 11 is 0. The van der Waals surface area contributed by atoms with Crippen LogP contribution in [0.5, 0.6) is 0 Å². The summed E-state index contributed by atoms with van der Waals surface area (Å²) in [6.45, 7) is 0. The maximum absolute atomic E-state index is 8.36. The van der Waals surface area contributed by atoms with Crippen molar-refractivity contribution < 1.29 is 4.70 Å². The zero-order chi connectivity index (χ0) is 16.8. The van der Waals surface area contributed by atoms with Crippen molar-refractivity contribution in [2.75, 3.05) is 0 Å². The average molecular weight is 328 g/mol. The molecule has 122 valence electrons. The Balaban J connectivity index is 1.59. The summed E-state index contributed by atoms with van der Waals surface area (Å²) in [5.74, 6) is 0. The normalized spacial score (nSPS) is 23.9. The molecule has 1 saturated heterocycles. The van der Waals surface area contributed by atoms with Crippen molar-refractivity contribution in [2.45, 2.75) is 25.7 Å². The van der Waals surface area contributed by atoms with Crippen LogP contribution in [0.4, 0.5) is 0 Å². The van der Waals surface area contributed by atoms with Crippen LogP contribution >= 0.6 is 0 Å². The van der Waals surface area contributed by atoms with Gasteiger partial charge in [0.15, 0.2) is 0 Å². The quantitative estimate of drug-likeness (QED) is 0.649. The zero-order valence-corrected chi connectivity index (χ0v) is 13.8. The number of aliphatic imine (C=N–C) groups is 2. The van der Waals surface area contributed by atoms with E-state index in [-0.39, 0.29) is 0 Å². The molecule has 1 fully saturated rings. The monoisotopic (exact) mass is 328 g/mol.